The number of rotatable bonds is 6. The molecule has 0 spiro atoms. The molecule has 2 aromatic rings. The van der Waals surface area contributed by atoms with Gasteiger partial charge in [0.15, 0.2) is 5.82 Å². The molecule has 0 unspecified atom stereocenters. The molecule has 6 nitrogen and oxygen atoms in total. The van der Waals surface area contributed by atoms with Gasteiger partial charge in [-0.25, -0.2) is 0 Å². The summed E-state index contributed by atoms with van der Waals surface area (Å²) in [6, 6.07) is 1.83. The fourth-order valence-corrected chi connectivity index (χ4v) is 2.28. The van der Waals surface area contributed by atoms with Crippen LogP contribution in [-0.4, -0.2) is 21.0 Å². The van der Waals surface area contributed by atoms with Crippen molar-refractivity contribution in [3.8, 4) is 0 Å². The van der Waals surface area contributed by atoms with E-state index in [4.69, 9.17) is 4.52 Å². The van der Waals surface area contributed by atoms with E-state index in [2.05, 4.69) is 20.4 Å². The third-order valence-electron chi connectivity index (χ3n) is 3.36. The first-order valence-corrected chi connectivity index (χ1v) is 7.77. The normalized spacial score (nSPS) is 13.1. The summed E-state index contributed by atoms with van der Waals surface area (Å²) >= 11 is 0. The molecule has 2 rings (SSSR count). The maximum absolute atomic E-state index is 12.5. The SMILES string of the molecule is CC(=O)N[C@@H](CC(C)C)c1nc(Cc2ccc(C(F)(F)F)cn2)no1. The zero-order valence-corrected chi connectivity index (χ0v) is 14.1. The zero-order chi connectivity index (χ0) is 18.6. The number of nitrogens with one attached hydrogen (secondary N) is 1. The Kier molecular flexibility index (Phi) is 5.76. The molecule has 25 heavy (non-hydrogen) atoms. The number of hydrogen-bond donors (Lipinski definition) is 1. The minimum absolute atomic E-state index is 0.135. The predicted molar refractivity (Wildman–Crippen MR) is 82.4 cm³/mol. The van der Waals surface area contributed by atoms with Crippen LogP contribution in [0.1, 0.15) is 56.2 Å². The molecule has 0 aliphatic rings. The van der Waals surface area contributed by atoms with Gasteiger partial charge in [-0.3, -0.25) is 9.78 Å². The molecule has 9 heteroatoms. The van der Waals surface area contributed by atoms with E-state index < -0.39 is 17.8 Å². The van der Waals surface area contributed by atoms with E-state index in [1.54, 1.807) is 0 Å². The molecule has 0 bridgehead atoms. The maximum Gasteiger partial charge on any atom is 0.417 e. The minimum atomic E-state index is -4.42. The van der Waals surface area contributed by atoms with Crippen molar-refractivity contribution in [1.29, 1.82) is 0 Å². The van der Waals surface area contributed by atoms with Gasteiger partial charge < -0.3 is 9.84 Å². The highest BCUT2D eigenvalue weighted by Crippen LogP contribution is 2.28. The van der Waals surface area contributed by atoms with E-state index >= 15 is 0 Å². The molecule has 0 aliphatic heterocycles. The van der Waals surface area contributed by atoms with Crippen molar-refractivity contribution >= 4 is 5.91 Å². The second kappa shape index (κ2) is 7.62. The topological polar surface area (TPSA) is 80.9 Å². The molecule has 2 heterocycles. The number of hydrogen-bond acceptors (Lipinski definition) is 5. The van der Waals surface area contributed by atoms with Crippen LogP contribution in [0.25, 0.3) is 0 Å². The number of amides is 1. The number of halogens is 3. The van der Waals surface area contributed by atoms with Gasteiger partial charge in [0, 0.05) is 18.8 Å². The molecule has 1 atom stereocenters. The average molecular weight is 356 g/mol. The lowest BCUT2D eigenvalue weighted by Gasteiger charge is -2.15. The van der Waals surface area contributed by atoms with Gasteiger partial charge in [-0.1, -0.05) is 19.0 Å². The van der Waals surface area contributed by atoms with Gasteiger partial charge in [0.2, 0.25) is 11.8 Å². The van der Waals surface area contributed by atoms with E-state index in [-0.39, 0.29) is 18.2 Å². The highest BCUT2D eigenvalue weighted by atomic mass is 19.4. The Balaban J connectivity index is 2.10. The van der Waals surface area contributed by atoms with E-state index in [1.165, 1.54) is 13.0 Å². The Bertz CT molecular complexity index is 711. The number of carbonyl (C=O) groups excluding carboxylic acids is 1. The van der Waals surface area contributed by atoms with E-state index in [1.807, 2.05) is 13.8 Å². The molecule has 1 N–H and O–H groups in total. The van der Waals surface area contributed by atoms with E-state index in [0.29, 0.717) is 23.9 Å². The van der Waals surface area contributed by atoms with Gasteiger partial charge >= 0.3 is 6.18 Å². The first-order valence-electron chi connectivity index (χ1n) is 7.77. The standard InChI is InChI=1S/C16H19F3N4O2/c1-9(2)6-13(21-10(3)24)15-22-14(23-25-15)7-12-5-4-11(8-20-12)16(17,18)19/h4-5,8-9,13H,6-7H2,1-3H3,(H,21,24)/t13-/m0/s1. The minimum Gasteiger partial charge on any atom is -0.345 e. The Labute approximate surface area is 142 Å². The third kappa shape index (κ3) is 5.54. The Morgan fingerprint density at radius 1 is 1.32 bits per heavy atom. The molecule has 0 saturated carbocycles. The van der Waals surface area contributed by atoms with Crippen LogP contribution in [-0.2, 0) is 17.4 Å². The quantitative estimate of drug-likeness (QED) is 0.859. The van der Waals surface area contributed by atoms with Gasteiger partial charge in [-0.15, -0.1) is 0 Å². The second-order valence-electron chi connectivity index (χ2n) is 6.14. The number of nitrogens with zero attached hydrogens (tertiary/aromatic N) is 3. The second-order valence-corrected chi connectivity index (χ2v) is 6.14. The first-order chi connectivity index (χ1) is 11.6. The Morgan fingerprint density at radius 2 is 2.04 bits per heavy atom. The summed E-state index contributed by atoms with van der Waals surface area (Å²) < 4.78 is 42.8. The summed E-state index contributed by atoms with van der Waals surface area (Å²) in [6.45, 7) is 5.40. The predicted octanol–water partition coefficient (Wildman–Crippen LogP) is 3.30. The van der Waals surface area contributed by atoms with Gasteiger partial charge in [0.05, 0.1) is 12.0 Å². The van der Waals surface area contributed by atoms with Crippen LogP contribution in [0, 0.1) is 5.92 Å². The fourth-order valence-electron chi connectivity index (χ4n) is 2.28. The van der Waals surface area contributed by atoms with Crippen molar-refractivity contribution in [2.45, 2.75) is 45.8 Å². The highest BCUT2D eigenvalue weighted by Gasteiger charge is 2.30. The molecule has 2 aromatic heterocycles. The first kappa shape index (κ1) is 18.9. The molecule has 0 aliphatic carbocycles. The lowest BCUT2D eigenvalue weighted by molar-refractivity contribution is -0.137. The molecule has 136 valence electrons. The summed E-state index contributed by atoms with van der Waals surface area (Å²) in [7, 11) is 0. The van der Waals surface area contributed by atoms with Crippen molar-refractivity contribution in [3.63, 3.8) is 0 Å². The van der Waals surface area contributed by atoms with Crippen LogP contribution in [0.4, 0.5) is 13.2 Å². The van der Waals surface area contributed by atoms with Crippen molar-refractivity contribution in [2.24, 2.45) is 5.92 Å². The van der Waals surface area contributed by atoms with Crippen molar-refractivity contribution < 1.29 is 22.5 Å². The van der Waals surface area contributed by atoms with Crippen molar-refractivity contribution in [3.05, 3.63) is 41.3 Å². The number of pyridine rings is 1. The van der Waals surface area contributed by atoms with Crippen LogP contribution in [0.2, 0.25) is 0 Å². The van der Waals surface area contributed by atoms with E-state index in [0.717, 1.165) is 12.3 Å². The summed E-state index contributed by atoms with van der Waals surface area (Å²) in [5, 5.41) is 6.57. The zero-order valence-electron chi connectivity index (χ0n) is 14.1. The van der Waals surface area contributed by atoms with Crippen LogP contribution < -0.4 is 5.32 Å². The molecule has 0 saturated heterocycles. The van der Waals surface area contributed by atoms with Crippen LogP contribution in [0.15, 0.2) is 22.9 Å². The van der Waals surface area contributed by atoms with Gasteiger partial charge in [-0.2, -0.15) is 18.2 Å². The summed E-state index contributed by atoms with van der Waals surface area (Å²) in [5.41, 5.74) is -0.423. The number of alkyl halides is 3. The molecule has 0 radical (unpaired) electrons. The summed E-state index contributed by atoms with van der Waals surface area (Å²) in [6.07, 6.45) is -2.89. The molecular weight excluding hydrogens is 337 g/mol. The lowest BCUT2D eigenvalue weighted by Crippen LogP contribution is -2.27. The summed E-state index contributed by atoms with van der Waals surface area (Å²) in [4.78, 5) is 19.3. The van der Waals surface area contributed by atoms with Crippen molar-refractivity contribution in [1.82, 2.24) is 20.4 Å². The molecule has 1 amide bonds. The third-order valence-corrected chi connectivity index (χ3v) is 3.36. The Morgan fingerprint density at radius 3 is 2.56 bits per heavy atom. The largest absolute Gasteiger partial charge is 0.417 e. The number of carbonyl (C=O) groups is 1. The van der Waals surface area contributed by atoms with Gasteiger partial charge in [0.1, 0.15) is 6.04 Å². The van der Waals surface area contributed by atoms with Crippen molar-refractivity contribution in [2.75, 3.05) is 0 Å². The number of aromatic nitrogens is 3. The summed E-state index contributed by atoms with van der Waals surface area (Å²) in [5.74, 6) is 0.644. The van der Waals surface area contributed by atoms with Crippen LogP contribution in [0.3, 0.4) is 0 Å². The average Bonchev–Trinajstić information content (AvgIpc) is 2.93. The molecule has 0 fully saturated rings. The van der Waals surface area contributed by atoms with Gasteiger partial charge in [-0.05, 0) is 24.5 Å². The maximum atomic E-state index is 12.5. The fraction of sp³-hybridized carbons (Fsp3) is 0.500. The van der Waals surface area contributed by atoms with Gasteiger partial charge in [0.25, 0.3) is 0 Å². The molecule has 0 aromatic carbocycles. The van der Waals surface area contributed by atoms with Crippen LogP contribution >= 0.6 is 0 Å². The molecular formula is C16H19F3N4O2. The smallest absolute Gasteiger partial charge is 0.345 e. The Hall–Kier alpha value is -2.45. The van der Waals surface area contributed by atoms with Crippen LogP contribution in [0.5, 0.6) is 0 Å². The monoisotopic (exact) mass is 356 g/mol. The lowest BCUT2D eigenvalue weighted by atomic mass is 10.0. The van der Waals surface area contributed by atoms with E-state index in [9.17, 15) is 18.0 Å². The highest BCUT2D eigenvalue weighted by molar-refractivity contribution is 5.73.